The number of morpholine rings is 1. The molecule has 2 bridgehead atoms. The highest BCUT2D eigenvalue weighted by atomic mass is 16.5. The number of aliphatic carboxylic acids is 1. The predicted octanol–water partition coefficient (Wildman–Crippen LogP) is 0.576. The van der Waals surface area contributed by atoms with Gasteiger partial charge in [0, 0.05) is 19.3 Å². The number of nitrogens with zero attached hydrogens (tertiary/aromatic N) is 2. The Morgan fingerprint density at radius 1 is 1.32 bits per heavy atom. The second kappa shape index (κ2) is 4.70. The number of carboxylic acids is 1. The topological polar surface area (TPSA) is 71.8 Å². The first-order chi connectivity index (χ1) is 9.13. The molecule has 3 heterocycles. The Morgan fingerprint density at radius 3 is 2.63 bits per heavy atom. The van der Waals surface area contributed by atoms with Crippen molar-refractivity contribution in [2.24, 2.45) is 0 Å². The normalized spacial score (nSPS) is 25.6. The Bertz CT molecular complexity index is 498. The number of carbonyl (C=O) groups is 2. The molecule has 2 atom stereocenters. The van der Waals surface area contributed by atoms with Crippen LogP contribution in [0.15, 0.2) is 18.3 Å². The van der Waals surface area contributed by atoms with Gasteiger partial charge in [-0.05, 0) is 25.0 Å². The molecule has 0 aromatic carbocycles. The molecule has 0 radical (unpaired) electrons. The first-order valence-electron chi connectivity index (χ1n) is 6.45. The lowest BCUT2D eigenvalue weighted by molar-refractivity contribution is -0.137. The van der Waals surface area contributed by atoms with Crippen molar-refractivity contribution >= 4 is 11.9 Å². The molecular formula is C13H16N2O4. The van der Waals surface area contributed by atoms with Crippen LogP contribution in [0.5, 0.6) is 0 Å². The maximum atomic E-state index is 12.4. The SMILES string of the molecule is O=C(O)Cn1cccc1C(=O)N1CC2CCC(C1)O2. The number of rotatable bonds is 3. The zero-order valence-corrected chi connectivity index (χ0v) is 10.5. The van der Waals surface area contributed by atoms with Gasteiger partial charge in [-0.2, -0.15) is 0 Å². The largest absolute Gasteiger partial charge is 0.480 e. The van der Waals surface area contributed by atoms with E-state index < -0.39 is 5.97 Å². The second-order valence-electron chi connectivity index (χ2n) is 5.08. The third-order valence-electron chi connectivity index (χ3n) is 3.69. The minimum Gasteiger partial charge on any atom is -0.480 e. The van der Waals surface area contributed by atoms with Crippen molar-refractivity contribution in [2.75, 3.05) is 13.1 Å². The van der Waals surface area contributed by atoms with E-state index in [2.05, 4.69) is 0 Å². The third-order valence-corrected chi connectivity index (χ3v) is 3.69. The molecule has 1 aromatic heterocycles. The maximum absolute atomic E-state index is 12.4. The van der Waals surface area contributed by atoms with Crippen molar-refractivity contribution in [3.63, 3.8) is 0 Å². The molecule has 2 fully saturated rings. The molecule has 6 heteroatoms. The van der Waals surface area contributed by atoms with Crippen LogP contribution in [0, 0.1) is 0 Å². The molecule has 102 valence electrons. The lowest BCUT2D eigenvalue weighted by atomic mass is 10.2. The number of ether oxygens (including phenoxy) is 1. The Balaban J connectivity index is 1.77. The van der Waals surface area contributed by atoms with E-state index in [1.807, 2.05) is 0 Å². The Labute approximate surface area is 110 Å². The molecule has 0 spiro atoms. The number of amides is 1. The Hall–Kier alpha value is -1.82. The van der Waals surface area contributed by atoms with Gasteiger partial charge in [-0.3, -0.25) is 9.59 Å². The van der Waals surface area contributed by atoms with E-state index in [9.17, 15) is 9.59 Å². The fourth-order valence-electron chi connectivity index (χ4n) is 2.83. The van der Waals surface area contributed by atoms with Crippen LogP contribution in [-0.4, -0.2) is 51.7 Å². The summed E-state index contributed by atoms with van der Waals surface area (Å²) in [5.41, 5.74) is 0.434. The summed E-state index contributed by atoms with van der Waals surface area (Å²) in [6.07, 6.45) is 3.92. The van der Waals surface area contributed by atoms with Crippen LogP contribution in [0.4, 0.5) is 0 Å². The van der Waals surface area contributed by atoms with Crippen LogP contribution >= 0.6 is 0 Å². The summed E-state index contributed by atoms with van der Waals surface area (Å²) in [6, 6.07) is 3.37. The number of hydrogen-bond donors (Lipinski definition) is 1. The number of aromatic nitrogens is 1. The molecule has 6 nitrogen and oxygen atoms in total. The van der Waals surface area contributed by atoms with Crippen molar-refractivity contribution < 1.29 is 19.4 Å². The van der Waals surface area contributed by atoms with Crippen molar-refractivity contribution in [3.05, 3.63) is 24.0 Å². The molecule has 2 aliphatic rings. The lowest BCUT2D eigenvalue weighted by Gasteiger charge is -2.32. The minimum atomic E-state index is -0.952. The molecule has 1 amide bonds. The fraction of sp³-hybridized carbons (Fsp3) is 0.538. The van der Waals surface area contributed by atoms with Crippen molar-refractivity contribution in [3.8, 4) is 0 Å². The van der Waals surface area contributed by atoms with Gasteiger partial charge >= 0.3 is 5.97 Å². The van der Waals surface area contributed by atoms with Crippen LogP contribution in [0.1, 0.15) is 23.3 Å². The number of carbonyl (C=O) groups excluding carboxylic acids is 1. The van der Waals surface area contributed by atoms with Crippen molar-refractivity contribution in [2.45, 2.75) is 31.6 Å². The highest BCUT2D eigenvalue weighted by Gasteiger charge is 2.36. The molecule has 0 aliphatic carbocycles. The first-order valence-corrected chi connectivity index (χ1v) is 6.45. The molecule has 2 aliphatic heterocycles. The number of likely N-dealkylation sites (tertiary alicyclic amines) is 1. The van der Waals surface area contributed by atoms with Gasteiger partial charge in [0.1, 0.15) is 12.2 Å². The lowest BCUT2D eigenvalue weighted by Crippen LogP contribution is -2.46. The first kappa shape index (κ1) is 12.2. The van der Waals surface area contributed by atoms with Gasteiger partial charge in [0.05, 0.1) is 12.2 Å². The van der Waals surface area contributed by atoms with Crippen LogP contribution < -0.4 is 0 Å². The highest BCUT2D eigenvalue weighted by Crippen LogP contribution is 2.27. The maximum Gasteiger partial charge on any atom is 0.323 e. The van der Waals surface area contributed by atoms with E-state index in [1.165, 1.54) is 4.57 Å². The molecule has 0 saturated carbocycles. The molecule has 2 saturated heterocycles. The summed E-state index contributed by atoms with van der Waals surface area (Å²) in [6.45, 7) is 1.02. The number of fused-ring (bicyclic) bond motifs is 2. The van der Waals surface area contributed by atoms with Crippen LogP contribution in [0.3, 0.4) is 0 Å². The van der Waals surface area contributed by atoms with Crippen LogP contribution in [-0.2, 0) is 16.1 Å². The predicted molar refractivity (Wildman–Crippen MR) is 65.9 cm³/mol. The molecule has 1 N–H and O–H groups in total. The Kier molecular flexibility index (Phi) is 3.02. The molecule has 19 heavy (non-hydrogen) atoms. The zero-order chi connectivity index (χ0) is 13.4. The van der Waals surface area contributed by atoms with Crippen LogP contribution in [0.25, 0.3) is 0 Å². The standard InChI is InChI=1S/C13H16N2O4/c16-12(17)8-14-5-1-2-11(14)13(18)15-6-9-3-4-10(7-15)19-9/h1-2,5,9-10H,3-4,6-8H2,(H,16,17). The third kappa shape index (κ3) is 2.35. The van der Waals surface area contributed by atoms with E-state index in [0.717, 1.165) is 12.8 Å². The smallest absolute Gasteiger partial charge is 0.323 e. The van der Waals surface area contributed by atoms with E-state index in [4.69, 9.17) is 9.84 Å². The van der Waals surface area contributed by atoms with E-state index in [-0.39, 0.29) is 24.7 Å². The van der Waals surface area contributed by atoms with E-state index in [1.54, 1.807) is 23.2 Å². The fourth-order valence-corrected chi connectivity index (χ4v) is 2.83. The van der Waals surface area contributed by atoms with Crippen molar-refractivity contribution in [1.29, 1.82) is 0 Å². The quantitative estimate of drug-likeness (QED) is 0.866. The van der Waals surface area contributed by atoms with Gasteiger partial charge in [-0.25, -0.2) is 0 Å². The monoisotopic (exact) mass is 264 g/mol. The summed E-state index contributed by atoms with van der Waals surface area (Å²) in [4.78, 5) is 25.0. The van der Waals surface area contributed by atoms with Gasteiger partial charge in [0.25, 0.3) is 5.91 Å². The van der Waals surface area contributed by atoms with Crippen molar-refractivity contribution in [1.82, 2.24) is 9.47 Å². The zero-order valence-electron chi connectivity index (χ0n) is 10.5. The minimum absolute atomic E-state index is 0.105. The summed E-state index contributed by atoms with van der Waals surface area (Å²) < 4.78 is 7.17. The van der Waals surface area contributed by atoms with E-state index in [0.29, 0.717) is 18.8 Å². The molecular weight excluding hydrogens is 248 g/mol. The van der Waals surface area contributed by atoms with Gasteiger partial charge in [-0.1, -0.05) is 0 Å². The average Bonchev–Trinajstić information content (AvgIpc) is 2.94. The average molecular weight is 264 g/mol. The summed E-state index contributed by atoms with van der Waals surface area (Å²) >= 11 is 0. The van der Waals surface area contributed by atoms with E-state index >= 15 is 0 Å². The molecule has 2 unspecified atom stereocenters. The summed E-state index contributed by atoms with van der Waals surface area (Å²) in [7, 11) is 0. The summed E-state index contributed by atoms with van der Waals surface area (Å²) in [5, 5.41) is 8.83. The second-order valence-corrected chi connectivity index (χ2v) is 5.08. The van der Waals surface area contributed by atoms with Gasteiger partial charge < -0.3 is 19.3 Å². The van der Waals surface area contributed by atoms with Gasteiger partial charge in [0.2, 0.25) is 0 Å². The summed E-state index contributed by atoms with van der Waals surface area (Å²) in [5.74, 6) is -1.06. The molecule has 3 rings (SSSR count). The highest BCUT2D eigenvalue weighted by molar-refractivity contribution is 5.93. The van der Waals surface area contributed by atoms with Gasteiger partial charge in [0.15, 0.2) is 0 Å². The number of carboxylic acid groups (broad SMARTS) is 1. The molecule has 1 aromatic rings. The van der Waals surface area contributed by atoms with Crippen LogP contribution in [0.2, 0.25) is 0 Å². The Morgan fingerprint density at radius 2 is 2.00 bits per heavy atom. The number of hydrogen-bond acceptors (Lipinski definition) is 3. The van der Waals surface area contributed by atoms with Gasteiger partial charge in [-0.15, -0.1) is 0 Å².